The van der Waals surface area contributed by atoms with Crippen LogP contribution in [-0.2, 0) is 14.3 Å². The summed E-state index contributed by atoms with van der Waals surface area (Å²) >= 11 is 6.09. The first-order valence-electron chi connectivity index (χ1n) is 9.67. The highest BCUT2D eigenvalue weighted by Crippen LogP contribution is 2.18. The quantitative estimate of drug-likeness (QED) is 0.551. The number of esters is 1. The van der Waals surface area contributed by atoms with Crippen molar-refractivity contribution in [3.05, 3.63) is 70.8 Å². The maximum absolute atomic E-state index is 12.6. The van der Waals surface area contributed by atoms with Gasteiger partial charge in [0.15, 0.2) is 6.10 Å². The Bertz CT molecular complexity index is 890. The molecule has 1 fully saturated rings. The normalized spacial score (nSPS) is 15.4. The summed E-state index contributed by atoms with van der Waals surface area (Å²) in [5, 5.41) is 0.638. The lowest BCUT2D eigenvalue weighted by Gasteiger charge is -2.36. The number of benzene rings is 2. The highest BCUT2D eigenvalue weighted by molar-refractivity contribution is 6.31. The molecular weight excluding hydrogens is 388 g/mol. The molecule has 1 amide bonds. The van der Waals surface area contributed by atoms with E-state index in [1.54, 1.807) is 24.0 Å². The lowest BCUT2D eigenvalue weighted by atomic mass is 10.1. The largest absolute Gasteiger partial charge is 0.449 e. The van der Waals surface area contributed by atoms with Gasteiger partial charge in [-0.25, -0.2) is 4.79 Å². The van der Waals surface area contributed by atoms with Crippen LogP contribution in [-0.4, -0.2) is 49.1 Å². The molecule has 0 aliphatic carbocycles. The lowest BCUT2D eigenvalue weighted by molar-refractivity contribution is -0.155. The number of piperazine rings is 1. The van der Waals surface area contributed by atoms with Crippen LogP contribution in [0.5, 0.6) is 0 Å². The van der Waals surface area contributed by atoms with Crippen LogP contribution in [0.2, 0.25) is 5.02 Å². The third-order valence-corrected chi connectivity index (χ3v) is 5.37. The van der Waals surface area contributed by atoms with Crippen molar-refractivity contribution in [2.45, 2.75) is 20.0 Å². The monoisotopic (exact) mass is 412 g/mol. The summed E-state index contributed by atoms with van der Waals surface area (Å²) in [6, 6.07) is 15.7. The van der Waals surface area contributed by atoms with Gasteiger partial charge in [0.05, 0.1) is 0 Å². The van der Waals surface area contributed by atoms with Crippen molar-refractivity contribution in [1.82, 2.24) is 4.90 Å². The molecule has 3 rings (SSSR count). The van der Waals surface area contributed by atoms with Crippen molar-refractivity contribution < 1.29 is 14.3 Å². The second-order valence-electron chi connectivity index (χ2n) is 7.07. The fourth-order valence-corrected chi connectivity index (χ4v) is 3.41. The van der Waals surface area contributed by atoms with E-state index in [0.717, 1.165) is 29.9 Å². The van der Waals surface area contributed by atoms with Crippen molar-refractivity contribution in [2.24, 2.45) is 0 Å². The van der Waals surface area contributed by atoms with E-state index < -0.39 is 12.1 Å². The second-order valence-corrected chi connectivity index (χ2v) is 7.48. The summed E-state index contributed by atoms with van der Waals surface area (Å²) in [4.78, 5) is 28.7. The van der Waals surface area contributed by atoms with Gasteiger partial charge in [-0.05, 0) is 49.2 Å². The summed E-state index contributed by atoms with van der Waals surface area (Å²) < 4.78 is 5.29. The third kappa shape index (κ3) is 5.61. The summed E-state index contributed by atoms with van der Waals surface area (Å²) in [6.45, 7) is 6.24. The van der Waals surface area contributed by atoms with Crippen LogP contribution in [0.3, 0.4) is 0 Å². The van der Waals surface area contributed by atoms with Gasteiger partial charge >= 0.3 is 5.97 Å². The molecule has 6 heteroatoms. The number of rotatable bonds is 5. The molecule has 0 bridgehead atoms. The first-order valence-corrected chi connectivity index (χ1v) is 10.1. The van der Waals surface area contributed by atoms with Crippen LogP contribution >= 0.6 is 11.6 Å². The number of carbonyl (C=O) groups excluding carboxylic acids is 2. The number of hydrogen-bond acceptors (Lipinski definition) is 4. The molecule has 0 N–H and O–H groups in total. The smallest absolute Gasteiger partial charge is 0.331 e. The third-order valence-electron chi connectivity index (χ3n) is 4.96. The molecule has 29 heavy (non-hydrogen) atoms. The van der Waals surface area contributed by atoms with Crippen molar-refractivity contribution in [3.63, 3.8) is 0 Å². The summed E-state index contributed by atoms with van der Waals surface area (Å²) in [5.41, 5.74) is 2.92. The number of aryl methyl sites for hydroxylation is 1. The minimum absolute atomic E-state index is 0.169. The SMILES string of the molecule is Cc1ccc(/C=C/C(=O)O[C@@H](C)C(=O)N2CCN(c3ccccc3)CC2)cc1Cl. The van der Waals surface area contributed by atoms with Gasteiger partial charge in [-0.2, -0.15) is 0 Å². The van der Waals surface area contributed by atoms with Gasteiger partial charge in [-0.1, -0.05) is 41.9 Å². The van der Waals surface area contributed by atoms with Crippen LogP contribution in [0, 0.1) is 6.92 Å². The molecule has 2 aromatic carbocycles. The van der Waals surface area contributed by atoms with Crippen molar-refractivity contribution in [2.75, 3.05) is 31.1 Å². The maximum atomic E-state index is 12.6. The van der Waals surface area contributed by atoms with E-state index >= 15 is 0 Å². The van der Waals surface area contributed by atoms with E-state index in [4.69, 9.17) is 16.3 Å². The second kappa shape index (κ2) is 9.61. The summed E-state index contributed by atoms with van der Waals surface area (Å²) in [7, 11) is 0. The van der Waals surface area contributed by atoms with Crippen molar-refractivity contribution >= 4 is 35.2 Å². The minimum atomic E-state index is -0.822. The zero-order chi connectivity index (χ0) is 20.8. The highest BCUT2D eigenvalue weighted by Gasteiger charge is 2.26. The van der Waals surface area contributed by atoms with E-state index in [0.29, 0.717) is 18.1 Å². The number of anilines is 1. The van der Waals surface area contributed by atoms with Crippen LogP contribution in [0.1, 0.15) is 18.1 Å². The van der Waals surface area contributed by atoms with Gasteiger partial charge in [0.2, 0.25) is 0 Å². The van der Waals surface area contributed by atoms with E-state index in [-0.39, 0.29) is 5.91 Å². The first kappa shape index (κ1) is 20.9. The van der Waals surface area contributed by atoms with Crippen LogP contribution in [0.4, 0.5) is 5.69 Å². The van der Waals surface area contributed by atoms with E-state index in [9.17, 15) is 9.59 Å². The van der Waals surface area contributed by atoms with Crippen molar-refractivity contribution in [3.8, 4) is 0 Å². The van der Waals surface area contributed by atoms with Gasteiger partial charge < -0.3 is 14.5 Å². The number of nitrogens with zero attached hydrogens (tertiary/aromatic N) is 2. The zero-order valence-corrected chi connectivity index (χ0v) is 17.4. The number of hydrogen-bond donors (Lipinski definition) is 0. The molecule has 1 aliphatic heterocycles. The summed E-state index contributed by atoms with van der Waals surface area (Å²) in [6.07, 6.45) is 2.12. The topological polar surface area (TPSA) is 49.9 Å². The Balaban J connectivity index is 1.49. The average molecular weight is 413 g/mol. The lowest BCUT2D eigenvalue weighted by Crippen LogP contribution is -2.51. The van der Waals surface area contributed by atoms with E-state index in [2.05, 4.69) is 17.0 Å². The molecule has 0 aromatic heterocycles. The molecule has 1 atom stereocenters. The Kier molecular flexibility index (Phi) is 6.94. The minimum Gasteiger partial charge on any atom is -0.449 e. The number of amides is 1. The molecule has 5 nitrogen and oxygen atoms in total. The van der Waals surface area contributed by atoms with Crippen LogP contribution < -0.4 is 4.90 Å². The number of carbonyl (C=O) groups is 2. The Hall–Kier alpha value is -2.79. The molecule has 2 aromatic rings. The molecule has 0 unspecified atom stereocenters. The Morgan fingerprint density at radius 1 is 1.07 bits per heavy atom. The fourth-order valence-electron chi connectivity index (χ4n) is 3.22. The van der Waals surface area contributed by atoms with Gasteiger partial charge in [0.1, 0.15) is 0 Å². The van der Waals surface area contributed by atoms with E-state index in [1.807, 2.05) is 37.3 Å². The summed E-state index contributed by atoms with van der Waals surface area (Å²) in [5.74, 6) is -0.719. The molecule has 0 saturated carbocycles. The number of ether oxygens (including phenoxy) is 1. The van der Waals surface area contributed by atoms with Gasteiger partial charge in [-0.3, -0.25) is 4.79 Å². The van der Waals surface area contributed by atoms with Crippen molar-refractivity contribution in [1.29, 1.82) is 0 Å². The standard InChI is InChI=1S/C23H25ClN2O3/c1-17-8-9-19(16-21(17)24)10-11-22(27)29-18(2)23(28)26-14-12-25(13-15-26)20-6-4-3-5-7-20/h3-11,16,18H,12-15H2,1-2H3/b11-10+/t18-/m0/s1. The first-order chi connectivity index (χ1) is 13.9. The highest BCUT2D eigenvalue weighted by atomic mass is 35.5. The molecule has 0 radical (unpaired) electrons. The average Bonchev–Trinajstić information content (AvgIpc) is 2.74. The molecule has 152 valence electrons. The molecule has 1 heterocycles. The maximum Gasteiger partial charge on any atom is 0.331 e. The Morgan fingerprint density at radius 3 is 2.41 bits per heavy atom. The molecule has 1 saturated heterocycles. The molecule has 0 spiro atoms. The Morgan fingerprint density at radius 2 is 1.76 bits per heavy atom. The van der Waals surface area contributed by atoms with Gasteiger partial charge in [-0.15, -0.1) is 0 Å². The van der Waals surface area contributed by atoms with E-state index in [1.165, 1.54) is 6.08 Å². The predicted octanol–water partition coefficient (Wildman–Crippen LogP) is 3.94. The molecule has 1 aliphatic rings. The number of halogens is 1. The van der Waals surface area contributed by atoms with Gasteiger partial charge in [0, 0.05) is 43.0 Å². The van der Waals surface area contributed by atoms with Gasteiger partial charge in [0.25, 0.3) is 5.91 Å². The molecular formula is C23H25ClN2O3. The van der Waals surface area contributed by atoms with Crippen LogP contribution in [0.15, 0.2) is 54.6 Å². The zero-order valence-electron chi connectivity index (χ0n) is 16.7. The Labute approximate surface area is 176 Å². The fraction of sp³-hybridized carbons (Fsp3) is 0.304. The predicted molar refractivity (Wildman–Crippen MR) is 116 cm³/mol. The van der Waals surface area contributed by atoms with Crippen LogP contribution in [0.25, 0.3) is 6.08 Å². The number of para-hydroxylation sites is 1.